The largest absolute Gasteiger partial charge is 0.465 e. The van der Waals surface area contributed by atoms with Crippen molar-refractivity contribution in [2.45, 2.75) is 42.9 Å². The van der Waals surface area contributed by atoms with Crippen molar-refractivity contribution in [3.8, 4) is 17.3 Å². The first-order chi connectivity index (χ1) is 19.4. The number of nitrogens with zero attached hydrogens (tertiary/aromatic N) is 6. The van der Waals surface area contributed by atoms with Gasteiger partial charge in [-0.2, -0.15) is 18.4 Å². The lowest BCUT2D eigenvalue weighted by atomic mass is 10.00. The van der Waals surface area contributed by atoms with Crippen LogP contribution in [0.3, 0.4) is 0 Å². The average Bonchev–Trinajstić information content (AvgIpc) is 3.33. The lowest BCUT2D eigenvalue weighted by Gasteiger charge is -2.36. The molecule has 41 heavy (non-hydrogen) atoms. The predicted octanol–water partition coefficient (Wildman–Crippen LogP) is 4.56. The van der Waals surface area contributed by atoms with E-state index in [-0.39, 0.29) is 45.7 Å². The van der Waals surface area contributed by atoms with Crippen molar-refractivity contribution in [3.05, 3.63) is 66.1 Å². The molecule has 1 aliphatic heterocycles. The number of carboxylic acid groups (broad SMARTS) is 1. The molecule has 0 unspecified atom stereocenters. The molecule has 11 nitrogen and oxygen atoms in total. The van der Waals surface area contributed by atoms with Gasteiger partial charge in [0.05, 0.1) is 10.6 Å². The van der Waals surface area contributed by atoms with Gasteiger partial charge in [0.1, 0.15) is 17.3 Å². The Morgan fingerprint density at radius 1 is 1.15 bits per heavy atom. The molecule has 0 spiro atoms. The van der Waals surface area contributed by atoms with Gasteiger partial charge in [-0.1, -0.05) is 18.2 Å². The van der Waals surface area contributed by atoms with E-state index in [1.165, 1.54) is 41.3 Å². The Kier molecular flexibility index (Phi) is 7.03. The Labute approximate surface area is 231 Å². The van der Waals surface area contributed by atoms with Crippen molar-refractivity contribution in [3.63, 3.8) is 0 Å². The minimum absolute atomic E-state index is 0.0159. The zero-order valence-electron chi connectivity index (χ0n) is 21.4. The maximum absolute atomic E-state index is 14.2. The Hall–Kier alpha value is -4.71. The van der Waals surface area contributed by atoms with E-state index in [0.717, 1.165) is 10.2 Å². The van der Waals surface area contributed by atoms with Gasteiger partial charge in [-0.3, -0.25) is 0 Å². The van der Waals surface area contributed by atoms with Crippen LogP contribution < -0.4 is 5.32 Å². The molecule has 0 saturated carbocycles. The summed E-state index contributed by atoms with van der Waals surface area (Å²) in [5, 5.41) is 21.8. The summed E-state index contributed by atoms with van der Waals surface area (Å²) in [6, 6.07) is 11.0. The monoisotopic (exact) mass is 585 g/mol. The summed E-state index contributed by atoms with van der Waals surface area (Å²) in [4.78, 5) is 24.7. The SMILES string of the molecule is C[C@@H]1CC[C@@H](Nc2ncc(C(F)(F)F)c(-c3cn(S(=O)(=O)c4ccccc4)c4nc(C#N)ccc34)n2)CN1C(=O)O. The first kappa shape index (κ1) is 27.8. The smallest absolute Gasteiger partial charge is 0.419 e. The highest BCUT2D eigenvalue weighted by Crippen LogP contribution is 2.40. The summed E-state index contributed by atoms with van der Waals surface area (Å²) in [6.07, 6.45) is -3.38. The van der Waals surface area contributed by atoms with Crippen LogP contribution in [0.4, 0.5) is 23.9 Å². The lowest BCUT2D eigenvalue weighted by molar-refractivity contribution is -0.137. The number of anilines is 1. The number of likely N-dealkylation sites (tertiary alicyclic amines) is 1. The summed E-state index contributed by atoms with van der Waals surface area (Å²) in [5.74, 6) is -0.189. The highest BCUT2D eigenvalue weighted by molar-refractivity contribution is 7.90. The van der Waals surface area contributed by atoms with E-state index in [0.29, 0.717) is 19.0 Å². The van der Waals surface area contributed by atoms with E-state index < -0.39 is 39.6 Å². The molecule has 1 aliphatic rings. The number of amides is 1. The van der Waals surface area contributed by atoms with Gasteiger partial charge in [0.2, 0.25) is 5.95 Å². The molecule has 0 aliphatic carbocycles. The summed E-state index contributed by atoms with van der Waals surface area (Å²) in [6.45, 7) is 1.84. The van der Waals surface area contributed by atoms with Crippen molar-refractivity contribution < 1.29 is 31.5 Å². The Balaban J connectivity index is 1.67. The quantitative estimate of drug-likeness (QED) is 0.343. The van der Waals surface area contributed by atoms with Gasteiger partial charge in [0.15, 0.2) is 5.65 Å². The molecule has 1 fully saturated rings. The van der Waals surface area contributed by atoms with Gasteiger partial charge in [0, 0.05) is 42.0 Å². The van der Waals surface area contributed by atoms with Crippen molar-refractivity contribution in [2.24, 2.45) is 0 Å². The first-order valence-corrected chi connectivity index (χ1v) is 13.8. The average molecular weight is 586 g/mol. The molecule has 0 bridgehead atoms. The molecule has 3 aromatic heterocycles. The number of hydrogen-bond donors (Lipinski definition) is 2. The number of nitriles is 1. The Morgan fingerprint density at radius 3 is 2.54 bits per heavy atom. The highest BCUT2D eigenvalue weighted by atomic mass is 32.2. The van der Waals surface area contributed by atoms with Gasteiger partial charge >= 0.3 is 12.3 Å². The number of hydrogen-bond acceptors (Lipinski definition) is 8. The van der Waals surface area contributed by atoms with Crippen LogP contribution in [0.2, 0.25) is 0 Å². The summed E-state index contributed by atoms with van der Waals surface area (Å²) in [7, 11) is -4.34. The van der Waals surface area contributed by atoms with Crippen LogP contribution in [-0.4, -0.2) is 62.1 Å². The van der Waals surface area contributed by atoms with Crippen LogP contribution >= 0.6 is 0 Å². The molecule has 1 aromatic carbocycles. The van der Waals surface area contributed by atoms with Crippen LogP contribution in [-0.2, 0) is 16.2 Å². The van der Waals surface area contributed by atoms with E-state index in [9.17, 15) is 36.8 Å². The van der Waals surface area contributed by atoms with E-state index in [2.05, 4.69) is 20.3 Å². The molecule has 212 valence electrons. The summed E-state index contributed by atoms with van der Waals surface area (Å²) in [5.41, 5.74) is -2.40. The lowest BCUT2D eigenvalue weighted by Crippen LogP contribution is -2.49. The third kappa shape index (κ3) is 5.25. The number of rotatable bonds is 5. The number of fused-ring (bicyclic) bond motifs is 1. The molecule has 4 aromatic rings. The standard InChI is InChI=1S/C26H22F3N7O4S/c1-15-7-8-17(13-35(15)25(37)38)33-24-31-12-21(26(27,28)29)22(34-24)20-14-36(23-19(20)10-9-16(11-30)32-23)41(39,40)18-5-3-2-4-6-18/h2-6,9-10,12,14-15,17H,7-8,13H2,1H3,(H,37,38)(H,31,33,34)/t15-,17-/m1/s1. The van der Waals surface area contributed by atoms with Gasteiger partial charge in [-0.25, -0.2) is 32.1 Å². The zero-order chi connectivity index (χ0) is 29.5. The van der Waals surface area contributed by atoms with Crippen molar-refractivity contribution in [1.82, 2.24) is 23.8 Å². The molecular formula is C26H22F3N7O4S. The fourth-order valence-corrected chi connectivity index (χ4v) is 6.09. The van der Waals surface area contributed by atoms with Gasteiger partial charge in [0.25, 0.3) is 10.0 Å². The van der Waals surface area contributed by atoms with Gasteiger partial charge < -0.3 is 15.3 Å². The highest BCUT2D eigenvalue weighted by Gasteiger charge is 2.37. The van der Waals surface area contributed by atoms with Crippen LogP contribution in [0.1, 0.15) is 31.0 Å². The van der Waals surface area contributed by atoms with E-state index in [1.807, 2.05) is 6.07 Å². The van der Waals surface area contributed by atoms with Crippen LogP contribution in [0, 0.1) is 11.3 Å². The van der Waals surface area contributed by atoms with Crippen LogP contribution in [0.5, 0.6) is 0 Å². The zero-order valence-corrected chi connectivity index (χ0v) is 22.2. The molecular weight excluding hydrogens is 563 g/mol. The third-order valence-corrected chi connectivity index (χ3v) is 8.51. The first-order valence-electron chi connectivity index (χ1n) is 12.3. The molecule has 1 saturated heterocycles. The minimum Gasteiger partial charge on any atom is -0.465 e. The Morgan fingerprint density at radius 2 is 1.88 bits per heavy atom. The second-order valence-corrected chi connectivity index (χ2v) is 11.3. The maximum Gasteiger partial charge on any atom is 0.419 e. The number of aromatic nitrogens is 4. The topological polar surface area (TPSA) is 154 Å². The van der Waals surface area contributed by atoms with E-state index in [4.69, 9.17) is 0 Å². The molecule has 1 amide bonds. The van der Waals surface area contributed by atoms with Gasteiger partial charge in [-0.05, 0) is 44.0 Å². The maximum atomic E-state index is 14.2. The van der Waals surface area contributed by atoms with E-state index in [1.54, 1.807) is 13.0 Å². The summed E-state index contributed by atoms with van der Waals surface area (Å²) >= 11 is 0. The predicted molar refractivity (Wildman–Crippen MR) is 140 cm³/mol. The fraction of sp³-hybridized carbons (Fsp3) is 0.269. The fourth-order valence-electron chi connectivity index (χ4n) is 4.75. The second kappa shape index (κ2) is 10.4. The summed E-state index contributed by atoms with van der Waals surface area (Å²) < 4.78 is 70.3. The molecule has 2 N–H and O–H groups in total. The molecule has 15 heteroatoms. The minimum atomic E-state index is -4.90. The van der Waals surface area contributed by atoms with E-state index >= 15 is 0 Å². The molecule has 4 heterocycles. The Bertz CT molecular complexity index is 1790. The molecule has 2 atom stereocenters. The van der Waals surface area contributed by atoms with Crippen LogP contribution in [0.25, 0.3) is 22.3 Å². The normalized spacial score (nSPS) is 17.8. The molecule has 5 rings (SSSR count). The number of pyridine rings is 1. The third-order valence-electron chi connectivity index (χ3n) is 6.85. The number of nitrogens with one attached hydrogen (secondary N) is 1. The number of piperidine rings is 1. The number of carbonyl (C=O) groups is 1. The van der Waals surface area contributed by atoms with Crippen molar-refractivity contribution >= 4 is 33.1 Å². The van der Waals surface area contributed by atoms with Gasteiger partial charge in [-0.15, -0.1) is 0 Å². The second-order valence-electron chi connectivity index (χ2n) is 9.49. The number of halogens is 3. The number of benzene rings is 1. The number of alkyl halides is 3. The molecule has 0 radical (unpaired) electrons. The van der Waals surface area contributed by atoms with Crippen molar-refractivity contribution in [1.29, 1.82) is 5.26 Å². The van der Waals surface area contributed by atoms with Crippen molar-refractivity contribution in [2.75, 3.05) is 11.9 Å². The van der Waals surface area contributed by atoms with Crippen LogP contribution in [0.15, 0.2) is 59.8 Å².